The average molecular weight is 525 g/mol. The van der Waals surface area contributed by atoms with Crippen LogP contribution in [-0.2, 0) is 16.0 Å². The lowest BCUT2D eigenvalue weighted by Crippen LogP contribution is -2.54. The first kappa shape index (κ1) is 26.6. The van der Waals surface area contributed by atoms with Gasteiger partial charge in [-0.2, -0.15) is 0 Å². The Labute approximate surface area is 221 Å². The van der Waals surface area contributed by atoms with E-state index >= 15 is 0 Å². The van der Waals surface area contributed by atoms with Gasteiger partial charge in [0.15, 0.2) is 0 Å². The Bertz CT molecular complexity index is 1160. The number of hydrogen-bond acceptors (Lipinski definition) is 6. The van der Waals surface area contributed by atoms with E-state index in [4.69, 9.17) is 4.74 Å². The van der Waals surface area contributed by atoms with E-state index in [0.29, 0.717) is 44.8 Å². The van der Waals surface area contributed by atoms with Gasteiger partial charge >= 0.3 is 11.8 Å². The fraction of sp³-hybridized carbons (Fsp3) is 0.357. The molecule has 7 nitrogen and oxygen atoms in total. The molecule has 1 fully saturated rings. The second kappa shape index (κ2) is 12.7. The first-order chi connectivity index (χ1) is 18.0. The molecule has 9 heteroatoms. The Morgan fingerprint density at radius 1 is 1.00 bits per heavy atom. The van der Waals surface area contributed by atoms with Crippen LogP contribution < -0.4 is 20.3 Å². The van der Waals surface area contributed by atoms with Gasteiger partial charge in [-0.05, 0) is 54.6 Å². The summed E-state index contributed by atoms with van der Waals surface area (Å²) in [6, 6.07) is 18.1. The monoisotopic (exact) mass is 524 g/mol. The molecule has 3 aromatic rings. The number of benzene rings is 2. The summed E-state index contributed by atoms with van der Waals surface area (Å²) in [6.07, 6.45) is 0.614. The molecule has 0 unspecified atom stereocenters. The molecular weight excluding hydrogens is 491 g/mol. The SMILES string of the molecule is COc1ccc(CCNC(=O)C(=O)N[C@H](C)[C@@H](c2cccs2)N2CCN(c3ccccc3F)CC2)cc1. The third kappa shape index (κ3) is 6.87. The molecule has 1 aliphatic rings. The van der Waals surface area contributed by atoms with Gasteiger partial charge in [-0.25, -0.2) is 4.39 Å². The zero-order valence-corrected chi connectivity index (χ0v) is 22.0. The molecule has 0 radical (unpaired) electrons. The van der Waals surface area contributed by atoms with Gasteiger partial charge in [0.2, 0.25) is 0 Å². The predicted octanol–water partition coefficient (Wildman–Crippen LogP) is 3.62. The van der Waals surface area contributed by atoms with E-state index in [1.165, 1.54) is 6.07 Å². The Morgan fingerprint density at radius 3 is 2.38 bits per heavy atom. The van der Waals surface area contributed by atoms with Crippen LogP contribution in [0.2, 0.25) is 0 Å². The molecular formula is C28H33FN4O3S. The second-order valence-corrected chi connectivity index (χ2v) is 10.0. The van der Waals surface area contributed by atoms with Crippen molar-refractivity contribution in [3.63, 3.8) is 0 Å². The van der Waals surface area contributed by atoms with E-state index in [9.17, 15) is 14.0 Å². The molecule has 0 spiro atoms. The molecule has 1 aliphatic heterocycles. The quantitative estimate of drug-likeness (QED) is 0.419. The number of anilines is 1. The number of halogens is 1. The maximum absolute atomic E-state index is 14.3. The zero-order chi connectivity index (χ0) is 26.2. The Kier molecular flexibility index (Phi) is 9.14. The molecule has 2 aromatic carbocycles. The number of piperazine rings is 1. The third-order valence-corrected chi connectivity index (χ3v) is 7.58. The normalized spacial score (nSPS) is 15.6. The molecule has 0 bridgehead atoms. The van der Waals surface area contributed by atoms with Gasteiger partial charge < -0.3 is 20.3 Å². The van der Waals surface area contributed by atoms with E-state index in [-0.39, 0.29) is 17.9 Å². The molecule has 2 heterocycles. The molecule has 2 N–H and O–H groups in total. The van der Waals surface area contributed by atoms with Crippen molar-refractivity contribution in [2.24, 2.45) is 0 Å². The number of para-hydroxylation sites is 1. The van der Waals surface area contributed by atoms with Crippen molar-refractivity contribution >= 4 is 28.8 Å². The van der Waals surface area contributed by atoms with Crippen LogP contribution in [0.4, 0.5) is 10.1 Å². The lowest BCUT2D eigenvalue weighted by atomic mass is 10.0. The highest BCUT2D eigenvalue weighted by Gasteiger charge is 2.32. The number of nitrogens with one attached hydrogen (secondary N) is 2. The van der Waals surface area contributed by atoms with Crippen LogP contribution in [0.15, 0.2) is 66.0 Å². The van der Waals surface area contributed by atoms with Crippen molar-refractivity contribution < 1.29 is 18.7 Å². The van der Waals surface area contributed by atoms with E-state index in [1.54, 1.807) is 30.6 Å². The topological polar surface area (TPSA) is 73.9 Å². The second-order valence-electron chi connectivity index (χ2n) is 9.05. The zero-order valence-electron chi connectivity index (χ0n) is 21.2. The van der Waals surface area contributed by atoms with Gasteiger partial charge in [0.25, 0.3) is 0 Å². The van der Waals surface area contributed by atoms with Crippen LogP contribution in [0.5, 0.6) is 5.75 Å². The number of ether oxygens (including phenoxy) is 1. The molecule has 0 aliphatic carbocycles. The minimum atomic E-state index is -0.645. The maximum Gasteiger partial charge on any atom is 0.309 e. The van der Waals surface area contributed by atoms with Crippen molar-refractivity contribution in [1.29, 1.82) is 0 Å². The van der Waals surface area contributed by atoms with Crippen LogP contribution in [0, 0.1) is 5.82 Å². The number of carbonyl (C=O) groups is 2. The van der Waals surface area contributed by atoms with Crippen LogP contribution in [0.25, 0.3) is 0 Å². The van der Waals surface area contributed by atoms with E-state index in [2.05, 4.69) is 26.5 Å². The summed E-state index contributed by atoms with van der Waals surface area (Å²) in [5.74, 6) is -0.733. The number of hydrogen-bond donors (Lipinski definition) is 2. The van der Waals surface area contributed by atoms with Crippen LogP contribution >= 0.6 is 11.3 Å². The van der Waals surface area contributed by atoms with E-state index in [1.807, 2.05) is 48.7 Å². The van der Waals surface area contributed by atoms with Crippen molar-refractivity contribution in [1.82, 2.24) is 15.5 Å². The molecule has 196 valence electrons. The summed E-state index contributed by atoms with van der Waals surface area (Å²) in [7, 11) is 1.61. The van der Waals surface area contributed by atoms with Gasteiger partial charge in [-0.1, -0.05) is 30.3 Å². The molecule has 0 saturated carbocycles. The lowest BCUT2D eigenvalue weighted by molar-refractivity contribution is -0.139. The Morgan fingerprint density at radius 2 is 1.73 bits per heavy atom. The fourth-order valence-electron chi connectivity index (χ4n) is 4.70. The van der Waals surface area contributed by atoms with E-state index in [0.717, 1.165) is 16.2 Å². The molecule has 1 aromatic heterocycles. The van der Waals surface area contributed by atoms with Crippen LogP contribution in [-0.4, -0.2) is 62.6 Å². The summed E-state index contributed by atoms with van der Waals surface area (Å²) < 4.78 is 19.4. The highest BCUT2D eigenvalue weighted by atomic mass is 32.1. The van der Waals surface area contributed by atoms with Gasteiger partial charge in [0.1, 0.15) is 11.6 Å². The molecule has 37 heavy (non-hydrogen) atoms. The summed E-state index contributed by atoms with van der Waals surface area (Å²) >= 11 is 1.63. The van der Waals surface area contributed by atoms with Crippen LogP contribution in [0.1, 0.15) is 23.4 Å². The number of methoxy groups -OCH3 is 1. The smallest absolute Gasteiger partial charge is 0.309 e. The van der Waals surface area contributed by atoms with Crippen molar-refractivity contribution in [2.45, 2.75) is 25.4 Å². The summed E-state index contributed by atoms with van der Waals surface area (Å²) in [6.45, 7) is 5.07. The van der Waals surface area contributed by atoms with Gasteiger partial charge in [0.05, 0.1) is 18.8 Å². The minimum absolute atomic E-state index is 0.0844. The van der Waals surface area contributed by atoms with Gasteiger partial charge in [0, 0.05) is 43.6 Å². The highest BCUT2D eigenvalue weighted by molar-refractivity contribution is 7.10. The summed E-state index contributed by atoms with van der Waals surface area (Å²) in [4.78, 5) is 30.7. The average Bonchev–Trinajstić information content (AvgIpc) is 3.44. The fourth-order valence-corrected chi connectivity index (χ4v) is 5.66. The van der Waals surface area contributed by atoms with Gasteiger partial charge in [-0.15, -0.1) is 11.3 Å². The molecule has 2 amide bonds. The standard InChI is InChI=1S/C28H33FN4O3S/c1-20(31-28(35)27(34)30-14-13-21-9-11-22(36-2)12-10-21)26(25-8-5-19-37-25)33-17-15-32(16-18-33)24-7-4-3-6-23(24)29/h3-12,19-20,26H,13-18H2,1-2H3,(H,30,34)(H,31,35)/t20-,26+/m1/s1. The number of thiophene rings is 1. The first-order valence-corrected chi connectivity index (χ1v) is 13.3. The predicted molar refractivity (Wildman–Crippen MR) is 145 cm³/mol. The largest absolute Gasteiger partial charge is 0.497 e. The highest BCUT2D eigenvalue weighted by Crippen LogP contribution is 2.30. The molecule has 1 saturated heterocycles. The molecule has 4 rings (SSSR count). The van der Waals surface area contributed by atoms with Crippen molar-refractivity contribution in [3.8, 4) is 5.75 Å². The number of amides is 2. The Hall–Kier alpha value is -3.43. The third-order valence-electron chi connectivity index (χ3n) is 6.63. The summed E-state index contributed by atoms with van der Waals surface area (Å²) in [5, 5.41) is 7.63. The number of nitrogens with zero attached hydrogens (tertiary/aromatic N) is 2. The van der Waals surface area contributed by atoms with Crippen molar-refractivity contribution in [3.05, 3.63) is 82.3 Å². The summed E-state index contributed by atoms with van der Waals surface area (Å²) in [5.41, 5.74) is 1.66. The first-order valence-electron chi connectivity index (χ1n) is 12.4. The van der Waals surface area contributed by atoms with Crippen LogP contribution in [0.3, 0.4) is 0 Å². The van der Waals surface area contributed by atoms with Crippen molar-refractivity contribution in [2.75, 3.05) is 44.7 Å². The van der Waals surface area contributed by atoms with Gasteiger partial charge in [-0.3, -0.25) is 14.5 Å². The number of rotatable bonds is 9. The molecule has 2 atom stereocenters. The minimum Gasteiger partial charge on any atom is -0.497 e. The maximum atomic E-state index is 14.3. The lowest BCUT2D eigenvalue weighted by Gasteiger charge is -2.42. The van der Waals surface area contributed by atoms with E-state index < -0.39 is 11.8 Å². The Balaban J connectivity index is 1.32. The number of carbonyl (C=O) groups excluding carboxylic acids is 2.